The van der Waals surface area contributed by atoms with Gasteiger partial charge in [-0.1, -0.05) is 13.3 Å². The Balaban J connectivity index is 2.02. The van der Waals surface area contributed by atoms with Gasteiger partial charge in [0.15, 0.2) is 0 Å². The van der Waals surface area contributed by atoms with Crippen molar-refractivity contribution in [3.8, 4) is 0 Å². The van der Waals surface area contributed by atoms with Gasteiger partial charge in [0.2, 0.25) is 0 Å². The number of hydrogen-bond acceptors (Lipinski definition) is 5. The number of nitro groups is 1. The van der Waals surface area contributed by atoms with E-state index in [0.29, 0.717) is 12.8 Å². The SMILES string of the molecule is C[C@@H]1CCC[C@H]2C1=NN(C(=O)c1ccc([N+](=O)[O-])cc1)[C@@]2(O)C(F)(F)F. The number of amides is 1. The highest BCUT2D eigenvalue weighted by molar-refractivity contribution is 6.00. The standard InChI is InChI=1S/C16H16F3N3O4/c1-9-3-2-4-12-13(9)20-21(15(12,24)16(17,18)19)14(23)10-5-7-11(8-6-10)22(25)26/h5-9,12,24H,2-4H2,1H3/t9-,12+,15+/m1/s1. The molecule has 0 bridgehead atoms. The third-order valence-corrected chi connectivity index (χ3v) is 4.95. The van der Waals surface area contributed by atoms with Gasteiger partial charge in [0.1, 0.15) is 0 Å². The van der Waals surface area contributed by atoms with Crippen LogP contribution in [0.15, 0.2) is 29.4 Å². The van der Waals surface area contributed by atoms with E-state index < -0.39 is 28.6 Å². The van der Waals surface area contributed by atoms with Crippen molar-refractivity contribution in [3.05, 3.63) is 39.9 Å². The van der Waals surface area contributed by atoms with Crippen LogP contribution in [0.2, 0.25) is 0 Å². The molecule has 1 amide bonds. The van der Waals surface area contributed by atoms with Crippen LogP contribution in [0.3, 0.4) is 0 Å². The lowest BCUT2D eigenvalue weighted by atomic mass is 9.75. The minimum absolute atomic E-state index is 0.0726. The molecular weight excluding hydrogens is 355 g/mol. The van der Waals surface area contributed by atoms with Gasteiger partial charge in [0.25, 0.3) is 17.3 Å². The number of aliphatic hydroxyl groups is 1. The highest BCUT2D eigenvalue weighted by atomic mass is 19.4. The number of halogens is 3. The van der Waals surface area contributed by atoms with E-state index in [9.17, 15) is 33.2 Å². The number of benzene rings is 1. The Hall–Kier alpha value is -2.49. The van der Waals surface area contributed by atoms with Gasteiger partial charge < -0.3 is 5.11 Å². The van der Waals surface area contributed by atoms with Gasteiger partial charge in [-0.2, -0.15) is 23.3 Å². The maximum Gasteiger partial charge on any atom is 0.439 e. The molecule has 1 N–H and O–H groups in total. The number of nitrogens with zero attached hydrogens (tertiary/aromatic N) is 3. The quantitative estimate of drug-likeness (QED) is 0.638. The van der Waals surface area contributed by atoms with Crippen LogP contribution < -0.4 is 0 Å². The van der Waals surface area contributed by atoms with Gasteiger partial charge in [-0.25, -0.2) is 0 Å². The van der Waals surface area contributed by atoms with Crippen LogP contribution in [-0.2, 0) is 0 Å². The monoisotopic (exact) mass is 371 g/mol. The van der Waals surface area contributed by atoms with E-state index in [-0.39, 0.29) is 34.3 Å². The molecule has 10 heteroatoms. The number of carbonyl (C=O) groups is 1. The molecule has 140 valence electrons. The Bertz CT molecular complexity index is 778. The fourth-order valence-corrected chi connectivity index (χ4v) is 3.55. The number of hydrazone groups is 1. The maximum atomic E-state index is 13.7. The average molecular weight is 371 g/mol. The molecule has 0 unspecified atom stereocenters. The predicted octanol–water partition coefficient (Wildman–Crippen LogP) is 3.09. The van der Waals surface area contributed by atoms with E-state index >= 15 is 0 Å². The van der Waals surface area contributed by atoms with E-state index in [4.69, 9.17) is 0 Å². The van der Waals surface area contributed by atoms with Crippen molar-refractivity contribution < 1.29 is 28.0 Å². The Morgan fingerprint density at radius 3 is 2.50 bits per heavy atom. The summed E-state index contributed by atoms with van der Waals surface area (Å²) in [6.07, 6.45) is -3.91. The molecule has 1 fully saturated rings. The first kappa shape index (κ1) is 18.3. The van der Waals surface area contributed by atoms with Crippen molar-refractivity contribution in [2.45, 2.75) is 38.1 Å². The molecule has 3 atom stereocenters. The number of carbonyl (C=O) groups excluding carboxylic acids is 1. The first-order valence-electron chi connectivity index (χ1n) is 8.04. The molecule has 0 radical (unpaired) electrons. The van der Waals surface area contributed by atoms with Crippen molar-refractivity contribution in [2.75, 3.05) is 0 Å². The van der Waals surface area contributed by atoms with Gasteiger partial charge in [-0.15, -0.1) is 0 Å². The fraction of sp³-hybridized carbons (Fsp3) is 0.500. The highest BCUT2D eigenvalue weighted by Crippen LogP contribution is 2.49. The molecule has 3 rings (SSSR count). The molecule has 26 heavy (non-hydrogen) atoms. The van der Waals surface area contributed by atoms with Crippen molar-refractivity contribution in [3.63, 3.8) is 0 Å². The molecule has 1 heterocycles. The Kier molecular flexibility index (Phi) is 4.26. The van der Waals surface area contributed by atoms with Crippen LogP contribution in [0.1, 0.15) is 36.5 Å². The van der Waals surface area contributed by atoms with Crippen molar-refractivity contribution >= 4 is 17.3 Å². The molecule has 2 aliphatic rings. The highest BCUT2D eigenvalue weighted by Gasteiger charge is 2.69. The van der Waals surface area contributed by atoms with Gasteiger partial charge in [0.05, 0.1) is 10.8 Å². The summed E-state index contributed by atoms with van der Waals surface area (Å²) in [6, 6.07) is 4.11. The number of rotatable bonds is 2. The van der Waals surface area contributed by atoms with Crippen LogP contribution >= 0.6 is 0 Å². The van der Waals surface area contributed by atoms with Crippen molar-refractivity contribution in [1.29, 1.82) is 0 Å². The van der Waals surface area contributed by atoms with Crippen LogP contribution in [0.5, 0.6) is 0 Å². The Morgan fingerprint density at radius 2 is 1.96 bits per heavy atom. The normalized spacial score (nSPS) is 28.5. The maximum absolute atomic E-state index is 13.7. The second-order valence-electron chi connectivity index (χ2n) is 6.55. The van der Waals surface area contributed by atoms with E-state index in [2.05, 4.69) is 5.10 Å². The molecule has 0 aromatic heterocycles. The summed E-state index contributed by atoms with van der Waals surface area (Å²) in [7, 11) is 0. The number of nitro benzene ring substituents is 1. The molecule has 0 spiro atoms. The fourth-order valence-electron chi connectivity index (χ4n) is 3.55. The summed E-state index contributed by atoms with van der Waals surface area (Å²) in [5, 5.41) is 25.1. The van der Waals surface area contributed by atoms with E-state index in [1.807, 2.05) is 0 Å². The van der Waals surface area contributed by atoms with E-state index in [1.54, 1.807) is 6.92 Å². The topological polar surface area (TPSA) is 96.0 Å². The van der Waals surface area contributed by atoms with Gasteiger partial charge in [0, 0.05) is 23.4 Å². The average Bonchev–Trinajstić information content (AvgIpc) is 2.90. The Morgan fingerprint density at radius 1 is 1.35 bits per heavy atom. The summed E-state index contributed by atoms with van der Waals surface area (Å²) in [6.45, 7) is 1.71. The molecule has 1 aliphatic carbocycles. The minimum atomic E-state index is -5.10. The van der Waals surface area contributed by atoms with Gasteiger partial charge >= 0.3 is 6.18 Å². The summed E-state index contributed by atoms with van der Waals surface area (Å²) >= 11 is 0. The second-order valence-corrected chi connectivity index (χ2v) is 6.55. The van der Waals surface area contributed by atoms with Crippen LogP contribution in [0.4, 0.5) is 18.9 Å². The third-order valence-electron chi connectivity index (χ3n) is 4.95. The zero-order valence-corrected chi connectivity index (χ0v) is 13.7. The first-order valence-corrected chi connectivity index (χ1v) is 8.04. The summed E-state index contributed by atoms with van der Waals surface area (Å²) in [4.78, 5) is 22.6. The lowest BCUT2D eigenvalue weighted by Gasteiger charge is -2.39. The van der Waals surface area contributed by atoms with Crippen LogP contribution in [0, 0.1) is 22.0 Å². The second kappa shape index (κ2) is 6.04. The molecule has 1 aromatic carbocycles. The molecule has 0 saturated heterocycles. The molecule has 1 aromatic rings. The Labute approximate surface area is 146 Å². The van der Waals surface area contributed by atoms with Crippen molar-refractivity contribution in [2.24, 2.45) is 16.9 Å². The first-order chi connectivity index (χ1) is 12.1. The molecular formula is C16H16F3N3O4. The van der Waals surface area contributed by atoms with Crippen LogP contribution in [0.25, 0.3) is 0 Å². The van der Waals surface area contributed by atoms with Gasteiger partial charge in [-0.3, -0.25) is 14.9 Å². The minimum Gasteiger partial charge on any atom is -0.362 e. The smallest absolute Gasteiger partial charge is 0.362 e. The van der Waals surface area contributed by atoms with Gasteiger partial charge in [-0.05, 0) is 30.9 Å². The predicted molar refractivity (Wildman–Crippen MR) is 84.2 cm³/mol. The molecule has 1 aliphatic heterocycles. The molecule has 7 nitrogen and oxygen atoms in total. The third kappa shape index (κ3) is 2.64. The number of non-ortho nitro benzene ring substituents is 1. The lowest BCUT2D eigenvalue weighted by molar-refractivity contribution is -0.384. The summed E-state index contributed by atoms with van der Waals surface area (Å²) in [5.41, 5.74) is -3.79. The zero-order valence-electron chi connectivity index (χ0n) is 13.7. The summed E-state index contributed by atoms with van der Waals surface area (Å²) < 4.78 is 41.2. The lowest BCUT2D eigenvalue weighted by Crippen LogP contribution is -2.61. The largest absolute Gasteiger partial charge is 0.439 e. The van der Waals surface area contributed by atoms with Crippen molar-refractivity contribution in [1.82, 2.24) is 5.01 Å². The van der Waals surface area contributed by atoms with E-state index in [0.717, 1.165) is 24.3 Å². The summed E-state index contributed by atoms with van der Waals surface area (Å²) in [5.74, 6) is -2.75. The van der Waals surface area contributed by atoms with E-state index in [1.165, 1.54) is 0 Å². The number of hydrogen-bond donors (Lipinski definition) is 1. The molecule has 1 saturated carbocycles. The number of alkyl halides is 3. The van der Waals surface area contributed by atoms with Crippen LogP contribution in [-0.4, -0.2) is 38.6 Å². The zero-order chi connectivity index (χ0) is 19.3. The number of fused-ring (bicyclic) bond motifs is 1.